The van der Waals surface area contributed by atoms with E-state index >= 15 is 0 Å². The second kappa shape index (κ2) is 15.1. The van der Waals surface area contributed by atoms with E-state index in [0.29, 0.717) is 11.8 Å². The molecule has 0 N–H and O–H groups in total. The van der Waals surface area contributed by atoms with Gasteiger partial charge in [-0.15, -0.1) is 0 Å². The maximum absolute atomic E-state index is 13.1. The van der Waals surface area contributed by atoms with Crippen molar-refractivity contribution in [1.82, 2.24) is 0 Å². The van der Waals surface area contributed by atoms with Crippen LogP contribution in [0.25, 0.3) is 0 Å². The summed E-state index contributed by atoms with van der Waals surface area (Å²) in [6.45, 7) is 4.33. The lowest BCUT2D eigenvalue weighted by Crippen LogP contribution is -2.31. The van der Waals surface area contributed by atoms with Crippen LogP contribution in [0.4, 0.5) is 0 Å². The molecule has 0 bridgehead atoms. The quantitative estimate of drug-likeness (QED) is 0.103. The maximum atomic E-state index is 13.1. The Bertz CT molecular complexity index is 1360. The molecule has 0 spiro atoms. The van der Waals surface area contributed by atoms with Crippen molar-refractivity contribution in [2.24, 2.45) is 23.7 Å². The Hall–Kier alpha value is -1.94. The number of hydrogen-bond acceptors (Lipinski definition) is 8. The summed E-state index contributed by atoms with van der Waals surface area (Å²) in [5.41, 5.74) is -0.896. The van der Waals surface area contributed by atoms with Gasteiger partial charge in [0.2, 0.25) is 0 Å². The average molecular weight is 729 g/mol. The molecule has 0 saturated heterocycles. The fourth-order valence-corrected chi connectivity index (χ4v) is 6.73. The first-order chi connectivity index (χ1) is 20.9. The smallest absolute Gasteiger partial charge is 0.423 e. The van der Waals surface area contributed by atoms with E-state index in [0.717, 1.165) is 50.7 Å². The number of hydrogen-bond donors (Lipinski definition) is 0. The van der Waals surface area contributed by atoms with Crippen LogP contribution in [0.5, 0.6) is 11.5 Å². The Kier molecular flexibility index (Phi) is 12.0. The summed E-state index contributed by atoms with van der Waals surface area (Å²) in [7, 11) is 0. The van der Waals surface area contributed by atoms with Crippen LogP contribution in [0.2, 0.25) is 30.1 Å². The van der Waals surface area contributed by atoms with E-state index in [1.165, 1.54) is 0 Å². The minimum atomic E-state index is -1.63. The van der Waals surface area contributed by atoms with Crippen molar-refractivity contribution in [3.63, 3.8) is 0 Å². The van der Waals surface area contributed by atoms with E-state index in [-0.39, 0.29) is 55.2 Å². The lowest BCUT2D eigenvalue weighted by Gasteiger charge is -2.35. The minimum Gasteiger partial charge on any atom is -0.462 e. The molecule has 0 heterocycles. The molecule has 14 heteroatoms. The molecule has 2 fully saturated rings. The zero-order chi connectivity index (χ0) is 32.3. The maximum Gasteiger partial charge on any atom is 0.423 e. The zero-order valence-corrected chi connectivity index (χ0v) is 28.2. The second-order valence-corrected chi connectivity index (χ2v) is 13.1. The summed E-state index contributed by atoms with van der Waals surface area (Å²) in [4.78, 5) is 51.9. The van der Waals surface area contributed by atoms with E-state index in [1.807, 2.05) is 0 Å². The van der Waals surface area contributed by atoms with E-state index in [2.05, 4.69) is 13.8 Å². The Morgan fingerprint density at radius 1 is 0.591 bits per heavy atom. The zero-order valence-electron chi connectivity index (χ0n) is 23.7. The number of carbonyl (C=O) groups excluding carboxylic acids is 4. The van der Waals surface area contributed by atoms with Gasteiger partial charge in [0, 0.05) is 0 Å². The molecule has 0 aromatic heterocycles. The molecule has 238 valence electrons. The van der Waals surface area contributed by atoms with Crippen LogP contribution in [0.3, 0.4) is 0 Å². The third-order valence-corrected chi connectivity index (χ3v) is 10.4. The van der Waals surface area contributed by atoms with Gasteiger partial charge in [-0.3, -0.25) is 0 Å². The highest BCUT2D eigenvalue weighted by atomic mass is 35.5. The predicted molar refractivity (Wildman–Crippen MR) is 168 cm³/mol. The predicted octanol–water partition coefficient (Wildman–Crippen LogP) is 9.30. The molecule has 0 amide bonds. The van der Waals surface area contributed by atoms with Crippen LogP contribution < -0.4 is 9.47 Å². The van der Waals surface area contributed by atoms with Gasteiger partial charge in [0.15, 0.2) is 11.5 Å². The van der Waals surface area contributed by atoms with Crippen molar-refractivity contribution >= 4 is 93.5 Å². The van der Waals surface area contributed by atoms with Gasteiger partial charge in [0.1, 0.15) is 11.1 Å². The Labute approximate surface area is 284 Å². The Morgan fingerprint density at radius 3 is 1.23 bits per heavy atom. The number of rotatable bonds is 10. The summed E-state index contributed by atoms with van der Waals surface area (Å²) >= 11 is 37.3. The van der Waals surface area contributed by atoms with Crippen LogP contribution in [0.1, 0.15) is 73.1 Å². The number of esters is 4. The van der Waals surface area contributed by atoms with Gasteiger partial charge in [0.05, 0.1) is 43.3 Å². The molecule has 44 heavy (non-hydrogen) atoms. The minimum absolute atomic E-state index is 0.112. The first kappa shape index (κ1) is 34.9. The SMILES string of the molecule is CCC1CCC1COC(=O)c1c(Cl)c(Cl)cc(Cl)c1OC(=O)C(=O)Oc1c(Cl)cc(Cl)c(Cl)c1C(=O)OCC1CCC1CC. The Morgan fingerprint density at radius 2 is 0.932 bits per heavy atom. The molecule has 2 aromatic rings. The van der Waals surface area contributed by atoms with E-state index in [1.54, 1.807) is 0 Å². The third-order valence-electron chi connectivity index (χ3n) is 8.27. The number of ether oxygens (including phenoxy) is 4. The van der Waals surface area contributed by atoms with Crippen LogP contribution in [0.15, 0.2) is 12.1 Å². The third kappa shape index (κ3) is 7.54. The summed E-state index contributed by atoms with van der Waals surface area (Å²) in [6, 6.07) is 2.26. The average Bonchev–Trinajstić information content (AvgIpc) is 2.94. The van der Waals surface area contributed by atoms with Crippen molar-refractivity contribution in [2.75, 3.05) is 13.2 Å². The van der Waals surface area contributed by atoms with Crippen molar-refractivity contribution in [3.8, 4) is 11.5 Å². The molecule has 4 atom stereocenters. The molecule has 4 unspecified atom stereocenters. The second-order valence-electron chi connectivity index (χ2n) is 10.7. The molecule has 2 aliphatic rings. The van der Waals surface area contributed by atoms with Crippen molar-refractivity contribution in [2.45, 2.75) is 52.4 Å². The first-order valence-corrected chi connectivity index (χ1v) is 16.3. The molecular formula is C30H28Cl6O8. The molecule has 2 aromatic carbocycles. The lowest BCUT2D eigenvalue weighted by molar-refractivity contribution is -0.156. The fourth-order valence-electron chi connectivity index (χ4n) is 5.29. The summed E-state index contributed by atoms with van der Waals surface area (Å²) < 4.78 is 21.2. The number of halogens is 6. The lowest BCUT2D eigenvalue weighted by atomic mass is 9.73. The van der Waals surface area contributed by atoms with E-state index < -0.39 is 46.5 Å². The highest BCUT2D eigenvalue weighted by Crippen LogP contribution is 2.43. The van der Waals surface area contributed by atoms with E-state index in [9.17, 15) is 19.2 Å². The molecule has 2 saturated carbocycles. The topological polar surface area (TPSA) is 105 Å². The molecule has 0 aliphatic heterocycles. The van der Waals surface area contributed by atoms with Gasteiger partial charge < -0.3 is 18.9 Å². The van der Waals surface area contributed by atoms with E-state index in [4.69, 9.17) is 88.6 Å². The molecule has 8 nitrogen and oxygen atoms in total. The van der Waals surface area contributed by atoms with Gasteiger partial charge in [-0.2, -0.15) is 0 Å². The van der Waals surface area contributed by atoms with Gasteiger partial charge in [-0.05, 0) is 61.5 Å². The number of carbonyl (C=O) groups is 4. The van der Waals surface area contributed by atoms with Gasteiger partial charge >= 0.3 is 23.9 Å². The fraction of sp³-hybridized carbons (Fsp3) is 0.467. The van der Waals surface area contributed by atoms with Crippen LogP contribution in [-0.2, 0) is 19.1 Å². The van der Waals surface area contributed by atoms with Gasteiger partial charge in [-0.25, -0.2) is 19.2 Å². The van der Waals surface area contributed by atoms with Gasteiger partial charge in [-0.1, -0.05) is 96.3 Å². The van der Waals surface area contributed by atoms with Crippen molar-refractivity contribution in [1.29, 1.82) is 0 Å². The van der Waals surface area contributed by atoms with Crippen LogP contribution in [0, 0.1) is 23.7 Å². The summed E-state index contributed by atoms with van der Waals surface area (Å²) in [6.07, 6.45) is 5.76. The monoisotopic (exact) mass is 726 g/mol. The highest BCUT2D eigenvalue weighted by molar-refractivity contribution is 6.47. The molecule has 2 aliphatic carbocycles. The molecule has 0 radical (unpaired) electrons. The number of benzene rings is 2. The van der Waals surface area contributed by atoms with Crippen LogP contribution >= 0.6 is 69.6 Å². The highest BCUT2D eigenvalue weighted by Gasteiger charge is 2.35. The normalized spacial score (nSPS) is 20.6. The standard InChI is InChI=1S/C30H28Cl6O8/c1-3-13-5-7-15(13)11-41-27(37)21-23(35)17(31)9-19(33)25(21)43-29(39)30(40)44-26-20(34)10-18(32)24(36)22(26)28(38)42-12-16-8-6-14(16)4-2/h9-10,13-16H,3-8,11-12H2,1-2H3. The Balaban J connectivity index is 1.53. The molecule has 4 rings (SSSR count). The van der Waals surface area contributed by atoms with Crippen molar-refractivity contribution < 1.29 is 38.1 Å². The van der Waals surface area contributed by atoms with Crippen LogP contribution in [-0.4, -0.2) is 37.1 Å². The first-order valence-electron chi connectivity index (χ1n) is 14.0. The van der Waals surface area contributed by atoms with Gasteiger partial charge in [0.25, 0.3) is 0 Å². The summed E-state index contributed by atoms with van der Waals surface area (Å²) in [5.74, 6) is -5.10. The largest absolute Gasteiger partial charge is 0.462 e. The summed E-state index contributed by atoms with van der Waals surface area (Å²) in [5, 5.41) is -1.43. The molecular weight excluding hydrogens is 701 g/mol. The van der Waals surface area contributed by atoms with Crippen molar-refractivity contribution in [3.05, 3.63) is 53.4 Å².